The van der Waals surface area contributed by atoms with Crippen molar-refractivity contribution in [1.29, 1.82) is 5.26 Å². The van der Waals surface area contributed by atoms with E-state index in [-0.39, 0.29) is 0 Å². The molecule has 1 heterocycles. The van der Waals surface area contributed by atoms with E-state index >= 15 is 0 Å². The van der Waals surface area contributed by atoms with Crippen LogP contribution in [-0.4, -0.2) is 23.6 Å². The van der Waals surface area contributed by atoms with E-state index in [2.05, 4.69) is 26.7 Å². The summed E-state index contributed by atoms with van der Waals surface area (Å²) in [4.78, 5) is 8.63. The topological polar surface area (TPSA) is 82.9 Å². The molecule has 0 aliphatic heterocycles. The number of nitrogens with zero attached hydrogens (tertiary/aromatic N) is 3. The zero-order chi connectivity index (χ0) is 15.2. The van der Waals surface area contributed by atoms with Gasteiger partial charge in [-0.25, -0.2) is 4.98 Å². The summed E-state index contributed by atoms with van der Waals surface area (Å²) in [6.07, 6.45) is 1.75. The molecule has 0 saturated carbocycles. The molecular formula is C15H17N5O. The molecule has 2 N–H and O–H groups in total. The Bertz CT molecular complexity index is 678. The van der Waals surface area contributed by atoms with Gasteiger partial charge in [-0.2, -0.15) is 10.2 Å². The van der Waals surface area contributed by atoms with E-state index < -0.39 is 0 Å². The number of aryl methyl sites for hydroxylation is 1. The van der Waals surface area contributed by atoms with Crippen molar-refractivity contribution in [3.63, 3.8) is 0 Å². The lowest BCUT2D eigenvalue weighted by atomic mass is 10.2. The molecule has 0 unspecified atom stereocenters. The van der Waals surface area contributed by atoms with Gasteiger partial charge in [0, 0.05) is 24.4 Å². The summed E-state index contributed by atoms with van der Waals surface area (Å²) in [5.74, 6) is 1.86. The Hall–Kier alpha value is -2.81. The zero-order valence-corrected chi connectivity index (χ0v) is 12.3. The highest BCUT2D eigenvalue weighted by molar-refractivity contribution is 5.67. The maximum atomic E-state index is 8.92. The fraction of sp³-hybridized carbons (Fsp3) is 0.267. The lowest BCUT2D eigenvalue weighted by Gasteiger charge is -2.13. The first kappa shape index (κ1) is 14.6. The summed E-state index contributed by atoms with van der Waals surface area (Å²) in [7, 11) is 1.57. The van der Waals surface area contributed by atoms with Gasteiger partial charge in [0.15, 0.2) is 0 Å². The Morgan fingerprint density at radius 3 is 2.86 bits per heavy atom. The number of hydrogen-bond acceptors (Lipinski definition) is 6. The van der Waals surface area contributed by atoms with Crippen LogP contribution in [-0.2, 0) is 0 Å². The molecule has 0 bridgehead atoms. The first-order valence-electron chi connectivity index (χ1n) is 6.60. The van der Waals surface area contributed by atoms with Gasteiger partial charge in [-0.15, -0.1) is 0 Å². The Kier molecular flexibility index (Phi) is 4.57. The van der Waals surface area contributed by atoms with Gasteiger partial charge in [0.25, 0.3) is 0 Å². The molecule has 1 aromatic carbocycles. The number of anilines is 3. The summed E-state index contributed by atoms with van der Waals surface area (Å²) in [6, 6.07) is 7.30. The first-order valence-corrected chi connectivity index (χ1v) is 6.60. The van der Waals surface area contributed by atoms with Gasteiger partial charge < -0.3 is 15.4 Å². The molecule has 0 spiro atoms. The van der Waals surface area contributed by atoms with Crippen LogP contribution in [0.5, 0.6) is 5.75 Å². The third-order valence-corrected chi connectivity index (χ3v) is 2.89. The molecule has 0 amide bonds. The maximum absolute atomic E-state index is 8.92. The van der Waals surface area contributed by atoms with Gasteiger partial charge in [0.05, 0.1) is 24.4 Å². The molecule has 108 valence electrons. The molecule has 6 heteroatoms. The molecule has 0 saturated heterocycles. The van der Waals surface area contributed by atoms with Crippen molar-refractivity contribution in [3.05, 3.63) is 35.5 Å². The maximum Gasteiger partial charge on any atom is 0.224 e. The van der Waals surface area contributed by atoms with Crippen LogP contribution < -0.4 is 15.4 Å². The van der Waals surface area contributed by atoms with Crippen LogP contribution in [0.15, 0.2) is 24.4 Å². The molecule has 2 aromatic rings. The fourth-order valence-electron chi connectivity index (χ4n) is 1.80. The zero-order valence-electron chi connectivity index (χ0n) is 12.3. The number of ether oxygens (including phenoxy) is 1. The molecule has 0 aliphatic rings. The highest BCUT2D eigenvalue weighted by Crippen LogP contribution is 2.29. The Labute approximate surface area is 123 Å². The average Bonchev–Trinajstić information content (AvgIpc) is 2.51. The number of rotatable bonds is 5. The second kappa shape index (κ2) is 6.57. The van der Waals surface area contributed by atoms with Crippen molar-refractivity contribution in [2.75, 3.05) is 24.3 Å². The fourth-order valence-corrected chi connectivity index (χ4v) is 1.80. The lowest BCUT2D eigenvalue weighted by Crippen LogP contribution is -2.06. The number of benzene rings is 1. The molecule has 0 fully saturated rings. The van der Waals surface area contributed by atoms with E-state index in [9.17, 15) is 0 Å². The number of aromatic nitrogens is 2. The van der Waals surface area contributed by atoms with Crippen molar-refractivity contribution < 1.29 is 4.74 Å². The van der Waals surface area contributed by atoms with Crippen LogP contribution >= 0.6 is 0 Å². The number of methoxy groups -OCH3 is 1. The number of nitriles is 1. The molecule has 2 rings (SSSR count). The first-order chi connectivity index (χ1) is 10.2. The molecule has 1 aromatic heterocycles. The standard InChI is InChI=1S/C15H17N5O/c1-4-17-15-18-9-10(2)14(20-15)19-12-6-5-11(8-16)7-13(12)21-3/h5-7,9H,4H2,1-3H3,(H2,17,18,19,20). The number of hydrogen-bond donors (Lipinski definition) is 2. The third-order valence-electron chi connectivity index (χ3n) is 2.89. The van der Waals surface area contributed by atoms with E-state index in [4.69, 9.17) is 10.00 Å². The van der Waals surface area contributed by atoms with Crippen LogP contribution in [0.3, 0.4) is 0 Å². The quantitative estimate of drug-likeness (QED) is 0.878. The highest BCUT2D eigenvalue weighted by Gasteiger charge is 2.08. The summed E-state index contributed by atoms with van der Waals surface area (Å²) >= 11 is 0. The predicted molar refractivity (Wildman–Crippen MR) is 81.9 cm³/mol. The van der Waals surface area contributed by atoms with Crippen molar-refractivity contribution in [2.24, 2.45) is 0 Å². The smallest absolute Gasteiger partial charge is 0.224 e. The second-order valence-electron chi connectivity index (χ2n) is 4.41. The Morgan fingerprint density at radius 1 is 1.38 bits per heavy atom. The van der Waals surface area contributed by atoms with Gasteiger partial charge in [-0.05, 0) is 26.0 Å². The molecule has 0 atom stereocenters. The van der Waals surface area contributed by atoms with Crippen molar-refractivity contribution >= 4 is 17.5 Å². The minimum Gasteiger partial charge on any atom is -0.495 e. The van der Waals surface area contributed by atoms with Crippen LogP contribution in [0.2, 0.25) is 0 Å². The summed E-state index contributed by atoms with van der Waals surface area (Å²) < 4.78 is 5.31. The van der Waals surface area contributed by atoms with Gasteiger partial charge >= 0.3 is 0 Å². The molecule has 6 nitrogen and oxygen atoms in total. The van der Waals surface area contributed by atoms with Crippen LogP contribution in [0.4, 0.5) is 17.5 Å². The normalized spacial score (nSPS) is 9.81. The monoisotopic (exact) mass is 283 g/mol. The van der Waals surface area contributed by atoms with Crippen molar-refractivity contribution in [3.8, 4) is 11.8 Å². The minimum absolute atomic E-state index is 0.546. The van der Waals surface area contributed by atoms with E-state index in [0.29, 0.717) is 23.1 Å². The molecule has 0 radical (unpaired) electrons. The van der Waals surface area contributed by atoms with E-state index in [0.717, 1.165) is 17.8 Å². The van der Waals surface area contributed by atoms with Gasteiger partial charge in [-0.1, -0.05) is 0 Å². The SMILES string of the molecule is CCNc1ncc(C)c(Nc2ccc(C#N)cc2OC)n1. The highest BCUT2D eigenvalue weighted by atomic mass is 16.5. The van der Waals surface area contributed by atoms with Crippen molar-refractivity contribution in [1.82, 2.24) is 9.97 Å². The van der Waals surface area contributed by atoms with Crippen LogP contribution in [0.1, 0.15) is 18.1 Å². The molecular weight excluding hydrogens is 266 g/mol. The average molecular weight is 283 g/mol. The van der Waals surface area contributed by atoms with Crippen molar-refractivity contribution in [2.45, 2.75) is 13.8 Å². The largest absolute Gasteiger partial charge is 0.495 e. The van der Waals surface area contributed by atoms with Gasteiger partial charge in [0.1, 0.15) is 11.6 Å². The summed E-state index contributed by atoms with van der Waals surface area (Å²) in [5.41, 5.74) is 2.22. The minimum atomic E-state index is 0.546. The summed E-state index contributed by atoms with van der Waals surface area (Å²) in [5, 5.41) is 15.2. The Balaban J connectivity index is 2.33. The lowest BCUT2D eigenvalue weighted by molar-refractivity contribution is 0.416. The Morgan fingerprint density at radius 2 is 2.19 bits per heavy atom. The van der Waals surface area contributed by atoms with E-state index in [1.54, 1.807) is 31.5 Å². The van der Waals surface area contributed by atoms with Crippen LogP contribution in [0, 0.1) is 18.3 Å². The summed E-state index contributed by atoms with van der Waals surface area (Å²) in [6.45, 7) is 4.66. The molecule has 21 heavy (non-hydrogen) atoms. The third kappa shape index (κ3) is 3.39. The number of nitrogens with one attached hydrogen (secondary N) is 2. The van der Waals surface area contributed by atoms with Gasteiger partial charge in [0.2, 0.25) is 5.95 Å². The van der Waals surface area contributed by atoms with Gasteiger partial charge in [-0.3, -0.25) is 0 Å². The second-order valence-corrected chi connectivity index (χ2v) is 4.41. The predicted octanol–water partition coefficient (Wildman–Crippen LogP) is 2.84. The van der Waals surface area contributed by atoms with E-state index in [1.807, 2.05) is 13.8 Å². The van der Waals surface area contributed by atoms with Crippen LogP contribution in [0.25, 0.3) is 0 Å². The molecule has 0 aliphatic carbocycles. The van der Waals surface area contributed by atoms with E-state index in [1.165, 1.54) is 0 Å².